The van der Waals surface area contributed by atoms with Crippen molar-refractivity contribution in [2.24, 2.45) is 0 Å². The third kappa shape index (κ3) is 4.40. The predicted molar refractivity (Wildman–Crippen MR) is 64.6 cm³/mol. The predicted octanol–water partition coefficient (Wildman–Crippen LogP) is 2.29. The van der Waals surface area contributed by atoms with Gasteiger partial charge in [-0.25, -0.2) is 9.18 Å². The van der Waals surface area contributed by atoms with Gasteiger partial charge in [-0.1, -0.05) is 6.07 Å². The lowest BCUT2D eigenvalue weighted by atomic mass is 10.2. The minimum absolute atomic E-state index is 0.131. The first-order valence-electron chi connectivity index (χ1n) is 5.35. The lowest BCUT2D eigenvalue weighted by Gasteiger charge is -2.14. The Morgan fingerprint density at radius 2 is 2.24 bits per heavy atom. The van der Waals surface area contributed by atoms with Gasteiger partial charge < -0.3 is 15.4 Å². The number of aryl methyl sites for hydroxylation is 1. The summed E-state index contributed by atoms with van der Waals surface area (Å²) in [5, 5.41) is 5.08. The number of nitrogens with one attached hydrogen (secondary N) is 2. The van der Waals surface area contributed by atoms with Gasteiger partial charge in [0, 0.05) is 7.11 Å². The van der Waals surface area contributed by atoms with Crippen molar-refractivity contribution in [1.29, 1.82) is 0 Å². The van der Waals surface area contributed by atoms with E-state index in [1.165, 1.54) is 12.1 Å². The molecular weight excluding hydrogens is 223 g/mol. The summed E-state index contributed by atoms with van der Waals surface area (Å²) in [6.45, 7) is 3.99. The number of benzene rings is 1. The van der Waals surface area contributed by atoms with Crippen LogP contribution in [0.1, 0.15) is 12.5 Å². The molecule has 0 fully saturated rings. The fraction of sp³-hybridized carbons (Fsp3) is 0.417. The molecule has 0 saturated carbocycles. The molecule has 0 aromatic heterocycles. The van der Waals surface area contributed by atoms with E-state index in [2.05, 4.69) is 10.6 Å². The van der Waals surface area contributed by atoms with Crippen LogP contribution in [0, 0.1) is 12.7 Å². The summed E-state index contributed by atoms with van der Waals surface area (Å²) in [5.41, 5.74) is 0.971. The van der Waals surface area contributed by atoms with Gasteiger partial charge in [-0.3, -0.25) is 0 Å². The highest BCUT2D eigenvalue weighted by atomic mass is 19.1. The maximum Gasteiger partial charge on any atom is 0.319 e. The van der Waals surface area contributed by atoms with E-state index in [1.807, 2.05) is 0 Å². The standard InChI is InChI=1S/C12H17FN2O2/c1-8-4-5-11(10(13)6-8)15-12(16)14-9(2)7-17-3/h4-6,9H,7H2,1-3H3,(H2,14,15,16). The summed E-state index contributed by atoms with van der Waals surface area (Å²) in [4.78, 5) is 11.5. The molecule has 0 aliphatic rings. The van der Waals surface area contributed by atoms with Crippen LogP contribution < -0.4 is 10.6 Å². The fourth-order valence-corrected chi connectivity index (χ4v) is 1.40. The van der Waals surface area contributed by atoms with Crippen LogP contribution in [-0.4, -0.2) is 25.8 Å². The van der Waals surface area contributed by atoms with Gasteiger partial charge >= 0.3 is 6.03 Å². The lowest BCUT2D eigenvalue weighted by Crippen LogP contribution is -2.38. The highest BCUT2D eigenvalue weighted by molar-refractivity contribution is 5.89. The molecule has 5 heteroatoms. The number of hydrogen-bond donors (Lipinski definition) is 2. The smallest absolute Gasteiger partial charge is 0.319 e. The van der Waals surface area contributed by atoms with Crippen molar-refractivity contribution in [3.05, 3.63) is 29.6 Å². The Morgan fingerprint density at radius 1 is 1.53 bits per heavy atom. The van der Waals surface area contributed by atoms with Crippen molar-refractivity contribution in [3.8, 4) is 0 Å². The summed E-state index contributed by atoms with van der Waals surface area (Å²) in [6, 6.07) is 4.06. The molecule has 1 aromatic carbocycles. The molecule has 0 aliphatic heterocycles. The van der Waals surface area contributed by atoms with E-state index in [1.54, 1.807) is 27.0 Å². The summed E-state index contributed by atoms with van der Waals surface area (Å²) < 4.78 is 18.3. The van der Waals surface area contributed by atoms with E-state index in [-0.39, 0.29) is 11.7 Å². The van der Waals surface area contributed by atoms with E-state index < -0.39 is 11.8 Å². The van der Waals surface area contributed by atoms with Gasteiger partial charge in [0.05, 0.1) is 18.3 Å². The molecule has 2 amide bonds. The zero-order chi connectivity index (χ0) is 12.8. The van der Waals surface area contributed by atoms with Crippen LogP contribution in [0.2, 0.25) is 0 Å². The Hall–Kier alpha value is -1.62. The fourth-order valence-electron chi connectivity index (χ4n) is 1.40. The molecule has 0 radical (unpaired) electrons. The molecule has 4 nitrogen and oxygen atoms in total. The topological polar surface area (TPSA) is 50.4 Å². The number of halogens is 1. The molecule has 0 saturated heterocycles. The van der Waals surface area contributed by atoms with Crippen LogP contribution >= 0.6 is 0 Å². The second-order valence-electron chi connectivity index (χ2n) is 3.94. The molecule has 0 bridgehead atoms. The minimum atomic E-state index is -0.447. The molecule has 2 N–H and O–H groups in total. The summed E-state index contributed by atoms with van der Waals surface area (Å²) in [7, 11) is 1.55. The highest BCUT2D eigenvalue weighted by Gasteiger charge is 2.09. The van der Waals surface area contributed by atoms with Crippen LogP contribution in [0.5, 0.6) is 0 Å². The minimum Gasteiger partial charge on any atom is -0.383 e. The SMILES string of the molecule is COCC(C)NC(=O)Nc1ccc(C)cc1F. The van der Waals surface area contributed by atoms with Crippen LogP contribution in [0.4, 0.5) is 14.9 Å². The maximum absolute atomic E-state index is 13.4. The zero-order valence-electron chi connectivity index (χ0n) is 10.2. The number of ether oxygens (including phenoxy) is 1. The molecule has 17 heavy (non-hydrogen) atoms. The van der Waals surface area contributed by atoms with Gasteiger partial charge in [0.1, 0.15) is 5.82 Å². The second kappa shape index (κ2) is 6.20. The van der Waals surface area contributed by atoms with Crippen molar-refractivity contribution in [1.82, 2.24) is 5.32 Å². The molecule has 1 atom stereocenters. The molecule has 0 aliphatic carbocycles. The lowest BCUT2D eigenvalue weighted by molar-refractivity contribution is 0.173. The number of amides is 2. The van der Waals surface area contributed by atoms with Crippen LogP contribution in [0.25, 0.3) is 0 Å². The number of anilines is 1. The van der Waals surface area contributed by atoms with Gasteiger partial charge in [-0.2, -0.15) is 0 Å². The highest BCUT2D eigenvalue weighted by Crippen LogP contribution is 2.14. The second-order valence-corrected chi connectivity index (χ2v) is 3.94. The van der Waals surface area contributed by atoms with Gasteiger partial charge in [-0.05, 0) is 31.5 Å². The van der Waals surface area contributed by atoms with E-state index in [0.29, 0.717) is 6.61 Å². The van der Waals surface area contributed by atoms with Gasteiger partial charge in [-0.15, -0.1) is 0 Å². The maximum atomic E-state index is 13.4. The molecular formula is C12H17FN2O2. The van der Waals surface area contributed by atoms with Crippen LogP contribution in [-0.2, 0) is 4.74 Å². The zero-order valence-corrected chi connectivity index (χ0v) is 10.2. The van der Waals surface area contributed by atoms with Crippen LogP contribution in [0.15, 0.2) is 18.2 Å². The number of carbonyl (C=O) groups is 1. The Balaban J connectivity index is 2.56. The van der Waals surface area contributed by atoms with E-state index >= 15 is 0 Å². The van der Waals surface area contributed by atoms with Crippen molar-refractivity contribution in [3.63, 3.8) is 0 Å². The number of hydrogen-bond acceptors (Lipinski definition) is 2. The Kier molecular flexibility index (Phi) is 4.90. The van der Waals surface area contributed by atoms with Gasteiger partial charge in [0.2, 0.25) is 0 Å². The van der Waals surface area contributed by atoms with E-state index in [4.69, 9.17) is 4.74 Å². The number of methoxy groups -OCH3 is 1. The third-order valence-corrected chi connectivity index (χ3v) is 2.17. The Morgan fingerprint density at radius 3 is 2.82 bits per heavy atom. The average molecular weight is 240 g/mol. The number of rotatable bonds is 4. The summed E-state index contributed by atoms with van der Waals surface area (Å²) >= 11 is 0. The molecule has 0 heterocycles. The Bertz CT molecular complexity index is 396. The molecule has 94 valence electrons. The number of urea groups is 1. The first-order chi connectivity index (χ1) is 8.02. The normalized spacial score (nSPS) is 12.0. The van der Waals surface area contributed by atoms with E-state index in [9.17, 15) is 9.18 Å². The molecule has 1 aromatic rings. The summed E-state index contributed by atoms with van der Waals surface area (Å²) in [5.74, 6) is -0.445. The Labute approximate surface area is 100 Å². The van der Waals surface area contributed by atoms with Gasteiger partial charge in [0.25, 0.3) is 0 Å². The largest absolute Gasteiger partial charge is 0.383 e. The van der Waals surface area contributed by atoms with Crippen molar-refractivity contribution in [2.45, 2.75) is 19.9 Å². The van der Waals surface area contributed by atoms with Crippen LogP contribution in [0.3, 0.4) is 0 Å². The molecule has 0 spiro atoms. The number of carbonyl (C=O) groups excluding carboxylic acids is 1. The van der Waals surface area contributed by atoms with Crippen molar-refractivity contribution in [2.75, 3.05) is 19.0 Å². The van der Waals surface area contributed by atoms with E-state index in [0.717, 1.165) is 5.56 Å². The first kappa shape index (κ1) is 13.4. The van der Waals surface area contributed by atoms with Gasteiger partial charge in [0.15, 0.2) is 0 Å². The first-order valence-corrected chi connectivity index (χ1v) is 5.35. The van der Waals surface area contributed by atoms with Crippen molar-refractivity contribution >= 4 is 11.7 Å². The average Bonchev–Trinajstić information content (AvgIpc) is 2.22. The molecule has 1 unspecified atom stereocenters. The quantitative estimate of drug-likeness (QED) is 0.848. The van der Waals surface area contributed by atoms with Crippen molar-refractivity contribution < 1.29 is 13.9 Å². The molecule has 1 rings (SSSR count). The third-order valence-electron chi connectivity index (χ3n) is 2.17. The summed E-state index contributed by atoms with van der Waals surface area (Å²) in [6.07, 6.45) is 0. The monoisotopic (exact) mass is 240 g/mol.